The predicted molar refractivity (Wildman–Crippen MR) is 116 cm³/mol. The van der Waals surface area contributed by atoms with Crippen LogP contribution in [-0.4, -0.2) is 36.9 Å². The number of carbonyl (C=O) groups is 1. The molecule has 0 bridgehead atoms. The lowest BCUT2D eigenvalue weighted by molar-refractivity contribution is -0.138. The molecule has 2 aromatic carbocycles. The molecule has 0 aromatic heterocycles. The van der Waals surface area contributed by atoms with Crippen LogP contribution in [0.5, 0.6) is 23.0 Å². The van der Waals surface area contributed by atoms with Gasteiger partial charge in [-0.15, -0.1) is 0 Å². The minimum absolute atomic E-state index is 0.0771. The second-order valence-corrected chi connectivity index (χ2v) is 8.56. The molecule has 2 heterocycles. The van der Waals surface area contributed by atoms with E-state index in [0.717, 1.165) is 54.2 Å². The van der Waals surface area contributed by atoms with Crippen molar-refractivity contribution in [1.29, 1.82) is 0 Å². The molecule has 0 spiro atoms. The quantitative estimate of drug-likeness (QED) is 0.660. The van der Waals surface area contributed by atoms with Gasteiger partial charge in [-0.3, -0.25) is 4.79 Å². The van der Waals surface area contributed by atoms with Gasteiger partial charge < -0.3 is 23.8 Å². The van der Waals surface area contributed by atoms with Crippen LogP contribution in [0.15, 0.2) is 42.5 Å². The van der Waals surface area contributed by atoms with Gasteiger partial charge in [0.1, 0.15) is 6.61 Å². The SMILES string of the molecule is O=C(C1CCCCCC1)N(Cc1cccc2c1OCO2)CC1COc2ccccc2O1. The first kappa shape index (κ1) is 20.0. The summed E-state index contributed by atoms with van der Waals surface area (Å²) in [6, 6.07) is 13.5. The van der Waals surface area contributed by atoms with Crippen LogP contribution in [-0.2, 0) is 11.3 Å². The largest absolute Gasteiger partial charge is 0.486 e. The monoisotopic (exact) mass is 423 g/mol. The lowest BCUT2D eigenvalue weighted by Gasteiger charge is -2.33. The van der Waals surface area contributed by atoms with E-state index >= 15 is 0 Å². The standard InChI is InChI=1S/C25H29NO5/c27-25(18-8-3-1-2-4-9-18)26(14-19-10-7-13-23-24(19)30-17-29-23)15-20-16-28-21-11-5-6-12-22(21)31-20/h5-7,10-13,18,20H,1-4,8-9,14-17H2. The van der Waals surface area contributed by atoms with Crippen molar-refractivity contribution < 1.29 is 23.7 Å². The summed E-state index contributed by atoms with van der Waals surface area (Å²) in [6.07, 6.45) is 6.41. The minimum Gasteiger partial charge on any atom is -0.486 e. The van der Waals surface area contributed by atoms with E-state index in [9.17, 15) is 4.79 Å². The Bertz CT molecular complexity index is 922. The van der Waals surface area contributed by atoms with Gasteiger partial charge >= 0.3 is 0 Å². The fourth-order valence-electron chi connectivity index (χ4n) is 4.74. The average Bonchev–Trinajstić information content (AvgIpc) is 3.13. The molecule has 1 amide bonds. The maximum Gasteiger partial charge on any atom is 0.231 e. The number of ether oxygens (including phenoxy) is 4. The molecule has 6 nitrogen and oxygen atoms in total. The van der Waals surface area contributed by atoms with Crippen molar-refractivity contribution in [2.24, 2.45) is 5.92 Å². The Morgan fingerprint density at radius 3 is 2.48 bits per heavy atom. The first-order chi connectivity index (χ1) is 15.3. The average molecular weight is 424 g/mol. The first-order valence-electron chi connectivity index (χ1n) is 11.3. The van der Waals surface area contributed by atoms with Crippen LogP contribution in [0.25, 0.3) is 0 Å². The highest BCUT2D eigenvalue weighted by molar-refractivity contribution is 5.79. The Kier molecular flexibility index (Phi) is 5.87. The number of hydrogen-bond acceptors (Lipinski definition) is 5. The summed E-state index contributed by atoms with van der Waals surface area (Å²) in [6.45, 7) is 1.61. The lowest BCUT2D eigenvalue weighted by atomic mass is 9.98. The summed E-state index contributed by atoms with van der Waals surface area (Å²) in [4.78, 5) is 15.6. The fourth-order valence-corrected chi connectivity index (χ4v) is 4.74. The molecular weight excluding hydrogens is 394 g/mol. The topological polar surface area (TPSA) is 57.2 Å². The molecule has 1 saturated carbocycles. The van der Waals surface area contributed by atoms with Crippen LogP contribution in [0.1, 0.15) is 44.1 Å². The Hall–Kier alpha value is -2.89. The summed E-state index contributed by atoms with van der Waals surface area (Å²) >= 11 is 0. The van der Waals surface area contributed by atoms with Crippen molar-refractivity contribution in [3.63, 3.8) is 0 Å². The molecule has 31 heavy (non-hydrogen) atoms. The summed E-state index contributed by atoms with van der Waals surface area (Å²) < 4.78 is 23.3. The second kappa shape index (κ2) is 9.08. The molecule has 3 aliphatic rings. The van der Waals surface area contributed by atoms with Gasteiger partial charge in [-0.2, -0.15) is 0 Å². The van der Waals surface area contributed by atoms with E-state index in [-0.39, 0.29) is 24.7 Å². The number of benzene rings is 2. The molecule has 5 rings (SSSR count). The summed E-state index contributed by atoms with van der Waals surface area (Å²) in [5.41, 5.74) is 0.967. The van der Waals surface area contributed by atoms with Crippen molar-refractivity contribution in [2.75, 3.05) is 19.9 Å². The van der Waals surface area contributed by atoms with Crippen molar-refractivity contribution in [2.45, 2.75) is 51.2 Å². The van der Waals surface area contributed by atoms with E-state index in [0.29, 0.717) is 19.7 Å². The third kappa shape index (κ3) is 4.43. The van der Waals surface area contributed by atoms with Gasteiger partial charge in [0.05, 0.1) is 6.54 Å². The number of rotatable bonds is 5. The Balaban J connectivity index is 1.36. The Labute approximate surface area is 183 Å². The number of carbonyl (C=O) groups excluding carboxylic acids is 1. The Morgan fingerprint density at radius 1 is 0.871 bits per heavy atom. The molecule has 164 valence electrons. The fraction of sp³-hybridized carbons (Fsp3) is 0.480. The molecule has 0 saturated heterocycles. The van der Waals surface area contributed by atoms with Gasteiger partial charge in [0.15, 0.2) is 29.1 Å². The number of hydrogen-bond donors (Lipinski definition) is 0. The number of para-hydroxylation sites is 3. The van der Waals surface area contributed by atoms with E-state index in [4.69, 9.17) is 18.9 Å². The molecule has 1 unspecified atom stereocenters. The molecule has 1 aliphatic carbocycles. The van der Waals surface area contributed by atoms with Crippen molar-refractivity contribution in [3.05, 3.63) is 48.0 Å². The van der Waals surface area contributed by atoms with Crippen molar-refractivity contribution in [1.82, 2.24) is 4.90 Å². The first-order valence-corrected chi connectivity index (χ1v) is 11.3. The van der Waals surface area contributed by atoms with E-state index < -0.39 is 0 Å². The van der Waals surface area contributed by atoms with Gasteiger partial charge in [0.2, 0.25) is 12.7 Å². The van der Waals surface area contributed by atoms with Crippen LogP contribution in [0.4, 0.5) is 0 Å². The zero-order valence-electron chi connectivity index (χ0n) is 17.8. The van der Waals surface area contributed by atoms with Crippen molar-refractivity contribution >= 4 is 5.91 Å². The van der Waals surface area contributed by atoms with Crippen LogP contribution >= 0.6 is 0 Å². The Morgan fingerprint density at radius 2 is 1.65 bits per heavy atom. The smallest absolute Gasteiger partial charge is 0.231 e. The molecule has 0 N–H and O–H groups in total. The molecule has 1 atom stereocenters. The van der Waals surface area contributed by atoms with Gasteiger partial charge in [-0.25, -0.2) is 0 Å². The van der Waals surface area contributed by atoms with Gasteiger partial charge in [-0.1, -0.05) is 49.9 Å². The second-order valence-electron chi connectivity index (χ2n) is 8.56. The van der Waals surface area contributed by atoms with Crippen LogP contribution in [0.3, 0.4) is 0 Å². The summed E-state index contributed by atoms with van der Waals surface area (Å²) in [5.74, 6) is 3.26. The van der Waals surface area contributed by atoms with E-state index in [2.05, 4.69) is 0 Å². The van der Waals surface area contributed by atoms with E-state index in [1.54, 1.807) is 0 Å². The molecule has 1 fully saturated rings. The highest BCUT2D eigenvalue weighted by atomic mass is 16.7. The maximum absolute atomic E-state index is 13.6. The molecule has 6 heteroatoms. The van der Waals surface area contributed by atoms with Crippen LogP contribution < -0.4 is 18.9 Å². The zero-order chi connectivity index (χ0) is 21.0. The zero-order valence-corrected chi connectivity index (χ0v) is 17.8. The van der Waals surface area contributed by atoms with Gasteiger partial charge in [0, 0.05) is 18.0 Å². The number of nitrogens with zero attached hydrogens (tertiary/aromatic N) is 1. The lowest BCUT2D eigenvalue weighted by Crippen LogP contribution is -2.45. The van der Waals surface area contributed by atoms with E-state index in [1.165, 1.54) is 12.8 Å². The summed E-state index contributed by atoms with van der Waals surface area (Å²) in [7, 11) is 0. The molecule has 0 radical (unpaired) electrons. The van der Waals surface area contributed by atoms with Gasteiger partial charge in [-0.05, 0) is 31.0 Å². The highest BCUT2D eigenvalue weighted by Crippen LogP contribution is 2.37. The van der Waals surface area contributed by atoms with Gasteiger partial charge in [0.25, 0.3) is 0 Å². The third-order valence-corrected chi connectivity index (χ3v) is 6.35. The number of fused-ring (bicyclic) bond motifs is 2. The minimum atomic E-state index is -0.210. The molecular formula is C25H29NO5. The normalized spacial score (nSPS) is 20.2. The maximum atomic E-state index is 13.6. The van der Waals surface area contributed by atoms with Crippen LogP contribution in [0, 0.1) is 5.92 Å². The molecule has 2 aliphatic heterocycles. The molecule has 2 aromatic rings. The third-order valence-electron chi connectivity index (χ3n) is 6.35. The summed E-state index contributed by atoms with van der Waals surface area (Å²) in [5, 5.41) is 0. The van der Waals surface area contributed by atoms with E-state index in [1.807, 2.05) is 47.4 Å². The van der Waals surface area contributed by atoms with Crippen LogP contribution in [0.2, 0.25) is 0 Å². The highest BCUT2D eigenvalue weighted by Gasteiger charge is 2.31. The number of amides is 1. The predicted octanol–water partition coefficient (Wildman–Crippen LogP) is 4.55. The van der Waals surface area contributed by atoms with Crippen molar-refractivity contribution in [3.8, 4) is 23.0 Å².